The van der Waals surface area contributed by atoms with Gasteiger partial charge < -0.3 is 19.8 Å². The molecule has 120 valence electrons. The van der Waals surface area contributed by atoms with E-state index in [2.05, 4.69) is 27.7 Å². The van der Waals surface area contributed by atoms with Crippen LogP contribution in [-0.2, 0) is 9.59 Å². The molecule has 0 saturated carbocycles. The normalized spacial score (nSPS) is 13.0. The second-order valence-electron chi connectivity index (χ2n) is 6.62. The van der Waals surface area contributed by atoms with Crippen LogP contribution in [0.4, 0.5) is 0 Å². The second-order valence-corrected chi connectivity index (χ2v) is 6.62. The number of hydrogen-bond acceptors (Lipinski definition) is 4. The fourth-order valence-corrected chi connectivity index (χ4v) is 2.35. The van der Waals surface area contributed by atoms with Gasteiger partial charge in [-0.2, -0.15) is 0 Å². The largest absolute Gasteiger partial charge is 2.00 e. The molecular formula is C16H30O4Sr. The van der Waals surface area contributed by atoms with Crippen LogP contribution in [-0.4, -0.2) is 57.4 Å². The Hall–Kier alpha value is 0.421. The molecule has 0 aromatic carbocycles. The van der Waals surface area contributed by atoms with E-state index in [1.54, 1.807) is 0 Å². The smallest absolute Gasteiger partial charge is 0.550 e. The van der Waals surface area contributed by atoms with Gasteiger partial charge in [0.1, 0.15) is 0 Å². The molecule has 2 unspecified atom stereocenters. The Balaban J connectivity index is -0.000000295. The van der Waals surface area contributed by atoms with Crippen LogP contribution in [0.25, 0.3) is 0 Å². The van der Waals surface area contributed by atoms with Crippen molar-refractivity contribution in [2.75, 3.05) is 0 Å². The van der Waals surface area contributed by atoms with Crippen LogP contribution >= 0.6 is 0 Å². The molecule has 0 aromatic heterocycles. The maximum absolute atomic E-state index is 10.1. The molecule has 0 aromatic rings. The monoisotopic (exact) mass is 374 g/mol. The molecule has 4 nitrogen and oxygen atoms in total. The number of carbonyl (C=O) groups excluding carboxylic acids is 2. The fraction of sp³-hybridized carbons (Fsp3) is 0.875. The van der Waals surface area contributed by atoms with Gasteiger partial charge in [-0.1, -0.05) is 41.5 Å². The van der Waals surface area contributed by atoms with Crippen LogP contribution in [0.2, 0.25) is 0 Å². The number of carboxylic acids is 2. The van der Waals surface area contributed by atoms with Gasteiger partial charge >= 0.3 is 45.5 Å². The van der Waals surface area contributed by atoms with E-state index in [1.807, 2.05) is 13.8 Å². The van der Waals surface area contributed by atoms with Crippen LogP contribution in [0.1, 0.15) is 67.2 Å². The van der Waals surface area contributed by atoms with Crippen LogP contribution in [0.3, 0.4) is 0 Å². The van der Waals surface area contributed by atoms with Gasteiger partial charge in [0.2, 0.25) is 0 Å². The molecule has 0 radical (unpaired) electrons. The quantitative estimate of drug-likeness (QED) is 0.599. The van der Waals surface area contributed by atoms with E-state index in [9.17, 15) is 19.8 Å². The number of carboxylic acid groups (broad SMARTS) is 2. The summed E-state index contributed by atoms with van der Waals surface area (Å²) in [4.78, 5) is 20.2. The van der Waals surface area contributed by atoms with Crippen molar-refractivity contribution >= 4 is 57.4 Å². The third kappa shape index (κ3) is 25.7. The molecule has 5 heteroatoms. The molecule has 0 saturated heterocycles. The first-order chi connectivity index (χ1) is 9.04. The number of hydrogen-bond donors (Lipinski definition) is 0. The summed E-state index contributed by atoms with van der Waals surface area (Å²) >= 11 is 0. The molecule has 0 rings (SSSR count). The van der Waals surface area contributed by atoms with Crippen molar-refractivity contribution in [3.63, 3.8) is 0 Å². The van der Waals surface area contributed by atoms with E-state index in [1.165, 1.54) is 0 Å². The average molecular weight is 374 g/mol. The molecule has 21 heavy (non-hydrogen) atoms. The van der Waals surface area contributed by atoms with Crippen LogP contribution < -0.4 is 10.2 Å². The minimum atomic E-state index is -0.937. The van der Waals surface area contributed by atoms with Crippen molar-refractivity contribution in [3.05, 3.63) is 0 Å². The van der Waals surface area contributed by atoms with Gasteiger partial charge in [0.05, 0.1) is 0 Å². The second kappa shape index (κ2) is 15.3. The third-order valence-corrected chi connectivity index (χ3v) is 2.78. The minimum Gasteiger partial charge on any atom is -0.550 e. The van der Waals surface area contributed by atoms with Gasteiger partial charge in [-0.3, -0.25) is 0 Å². The maximum atomic E-state index is 10.1. The summed E-state index contributed by atoms with van der Waals surface area (Å²) in [5.74, 6) is -0.208. The molecule has 0 aliphatic rings. The first kappa shape index (κ1) is 26.3. The van der Waals surface area contributed by atoms with Gasteiger partial charge in [-0.15, -0.1) is 0 Å². The SMILES string of the molecule is CC(C)CC(C)CC(=O)[O-].CC(C)CC(C)CC(=O)[O-].[Sr+2]. The molecule has 0 N–H and O–H groups in total. The Morgan fingerprint density at radius 2 is 0.952 bits per heavy atom. The maximum Gasteiger partial charge on any atom is 2.00 e. The molecule has 0 bridgehead atoms. The molecule has 0 spiro atoms. The Morgan fingerprint density at radius 1 is 0.714 bits per heavy atom. The fourth-order valence-electron chi connectivity index (χ4n) is 2.35. The van der Waals surface area contributed by atoms with E-state index >= 15 is 0 Å². The topological polar surface area (TPSA) is 80.3 Å². The Morgan fingerprint density at radius 3 is 1.10 bits per heavy atom. The standard InChI is InChI=1S/2C8H16O2.Sr/c2*1-6(2)4-7(3)5-8(9)10;/h2*6-7H,4-5H2,1-3H3,(H,9,10);/q;;+2/p-2. The Labute approximate surface area is 167 Å². The van der Waals surface area contributed by atoms with Gasteiger partial charge in [0, 0.05) is 11.9 Å². The zero-order valence-corrected chi connectivity index (χ0v) is 18.0. The summed E-state index contributed by atoms with van der Waals surface area (Å²) in [6.07, 6.45) is 2.32. The molecule has 2 atom stereocenters. The van der Waals surface area contributed by atoms with E-state index in [4.69, 9.17) is 0 Å². The predicted molar refractivity (Wildman–Crippen MR) is 82.2 cm³/mol. The zero-order chi connectivity index (χ0) is 16.3. The van der Waals surface area contributed by atoms with E-state index in [-0.39, 0.29) is 70.2 Å². The first-order valence-electron chi connectivity index (χ1n) is 7.44. The van der Waals surface area contributed by atoms with E-state index in [0.717, 1.165) is 12.8 Å². The Bertz CT molecular complexity index is 249. The summed E-state index contributed by atoms with van der Waals surface area (Å²) < 4.78 is 0. The number of aliphatic carboxylic acids is 2. The van der Waals surface area contributed by atoms with Gasteiger partial charge in [-0.05, 0) is 49.4 Å². The van der Waals surface area contributed by atoms with Crippen LogP contribution in [0, 0.1) is 23.7 Å². The molecule has 0 fully saturated rings. The van der Waals surface area contributed by atoms with Crippen LogP contribution in [0.5, 0.6) is 0 Å². The summed E-state index contributed by atoms with van der Waals surface area (Å²) in [6, 6.07) is 0. The van der Waals surface area contributed by atoms with Crippen molar-refractivity contribution in [3.8, 4) is 0 Å². The zero-order valence-electron chi connectivity index (χ0n) is 14.5. The van der Waals surface area contributed by atoms with Crippen molar-refractivity contribution in [1.29, 1.82) is 0 Å². The average Bonchev–Trinajstić information content (AvgIpc) is 2.11. The van der Waals surface area contributed by atoms with E-state index < -0.39 is 11.9 Å². The summed E-state index contributed by atoms with van der Waals surface area (Å²) in [6.45, 7) is 12.2. The molecule has 0 heterocycles. The van der Waals surface area contributed by atoms with Gasteiger partial charge in [-0.25, -0.2) is 0 Å². The third-order valence-electron chi connectivity index (χ3n) is 2.78. The molecule has 0 aliphatic heterocycles. The molecule has 0 aliphatic carbocycles. The number of rotatable bonds is 8. The van der Waals surface area contributed by atoms with Gasteiger partial charge in [0.25, 0.3) is 0 Å². The number of carbonyl (C=O) groups is 2. The first-order valence-corrected chi connectivity index (χ1v) is 7.44. The summed E-state index contributed by atoms with van der Waals surface area (Å²) in [7, 11) is 0. The summed E-state index contributed by atoms with van der Waals surface area (Å²) in [5, 5.41) is 20.2. The Kier molecular flexibility index (Phi) is 19.2. The van der Waals surface area contributed by atoms with Crippen LogP contribution in [0.15, 0.2) is 0 Å². The summed E-state index contributed by atoms with van der Waals surface area (Å²) in [5.41, 5.74) is 0. The predicted octanol–water partition coefficient (Wildman–Crippen LogP) is 1.24. The van der Waals surface area contributed by atoms with E-state index in [0.29, 0.717) is 11.8 Å². The minimum absolute atomic E-state index is 0. The molecular weight excluding hydrogens is 344 g/mol. The van der Waals surface area contributed by atoms with Crippen molar-refractivity contribution < 1.29 is 19.8 Å². The van der Waals surface area contributed by atoms with Gasteiger partial charge in [0.15, 0.2) is 0 Å². The van der Waals surface area contributed by atoms with Crippen molar-refractivity contribution in [2.24, 2.45) is 23.7 Å². The molecule has 0 amide bonds. The van der Waals surface area contributed by atoms with Crippen molar-refractivity contribution in [2.45, 2.75) is 67.2 Å². The van der Waals surface area contributed by atoms with Crippen molar-refractivity contribution in [1.82, 2.24) is 0 Å².